The van der Waals surface area contributed by atoms with Gasteiger partial charge in [-0.2, -0.15) is 10.2 Å². The molecule has 1 N–H and O–H groups in total. The first-order valence-corrected chi connectivity index (χ1v) is 0.548. The Kier molecular flexibility index (Phi) is 16.7. The van der Waals surface area contributed by atoms with E-state index in [9.17, 15) is 0 Å². The summed E-state index contributed by atoms with van der Waals surface area (Å²) in [7, 11) is 0. The van der Waals surface area contributed by atoms with Gasteiger partial charge in [0, 0.05) is 0 Å². The third-order valence-electron chi connectivity index (χ3n) is 0.0333. The summed E-state index contributed by atoms with van der Waals surface area (Å²) in [5, 5.41) is 8.44. The molecule has 0 aromatic heterocycles. The van der Waals surface area contributed by atoms with Gasteiger partial charge in [-0.25, -0.2) is 0 Å². The second kappa shape index (κ2) is 8.89. The Morgan fingerprint density at radius 1 is 2.00 bits per heavy atom. The third kappa shape index (κ3) is 11.3. The molecule has 0 radical (unpaired) electrons. The first-order valence-electron chi connectivity index (χ1n) is 0.548. The van der Waals surface area contributed by atoms with E-state index in [1.807, 2.05) is 0 Å². The molecule has 0 aliphatic heterocycles. The Bertz CT molecular complexity index is 24.8. The van der Waals surface area contributed by atoms with Gasteiger partial charge >= 0.3 is 51.4 Å². The number of hydrogen-bond donors (Lipinski definition) is 1. The van der Waals surface area contributed by atoms with Gasteiger partial charge in [-0.15, -0.1) is 4.91 Å². The first kappa shape index (κ1) is 9.37. The van der Waals surface area contributed by atoms with Crippen molar-refractivity contribution in [3.63, 3.8) is 0 Å². The van der Waals surface area contributed by atoms with Crippen molar-refractivity contribution >= 4 is 0 Å². The van der Waals surface area contributed by atoms with E-state index in [0.29, 0.717) is 0 Å². The van der Waals surface area contributed by atoms with Crippen LogP contribution in [0.1, 0.15) is 1.43 Å². The van der Waals surface area contributed by atoms with E-state index in [4.69, 9.17) is 10.2 Å². The summed E-state index contributed by atoms with van der Waals surface area (Å²) >= 11 is 0. The van der Waals surface area contributed by atoms with Gasteiger partial charge in [0.05, 0.1) is 0 Å². The van der Waals surface area contributed by atoms with Crippen molar-refractivity contribution in [3.8, 4) is 0 Å². The summed E-state index contributed by atoms with van der Waals surface area (Å²) in [5.41, 5.74) is 0. The Hall–Kier alpha value is 0.996. The van der Waals surface area contributed by atoms with E-state index in [1.165, 1.54) is 0 Å². The van der Waals surface area contributed by atoms with Crippen molar-refractivity contribution in [2.45, 2.75) is 0 Å². The summed E-state index contributed by atoms with van der Waals surface area (Å²) in [4.78, 5) is 11.1. The molecule has 4 nitrogen and oxygen atoms in total. The van der Waals surface area contributed by atoms with Gasteiger partial charge in [0.2, 0.25) is 0 Å². The maximum atomic E-state index is 8.45. The molecule has 5 heavy (non-hydrogen) atoms. The van der Waals surface area contributed by atoms with Crippen LogP contribution in [0, 0.1) is 4.91 Å². The molecule has 0 aliphatic carbocycles. The zero-order valence-corrected chi connectivity index (χ0v) is 5.83. The minimum absolute atomic E-state index is 0. The van der Waals surface area contributed by atoms with Crippen LogP contribution >= 0.6 is 0 Å². The van der Waals surface area contributed by atoms with Gasteiger partial charge in [0.15, 0.2) is 5.34 Å². The molecule has 5 heteroatoms. The second-order valence-corrected chi connectivity index (χ2v) is 0.156. The Balaban J connectivity index is -0.0000000450. The van der Waals surface area contributed by atoms with Crippen molar-refractivity contribution in [2.75, 3.05) is 0 Å². The van der Waals surface area contributed by atoms with E-state index >= 15 is 0 Å². The van der Waals surface area contributed by atoms with E-state index in [2.05, 4.69) is 4.99 Å². The van der Waals surface area contributed by atoms with Crippen molar-refractivity contribution in [1.29, 1.82) is 0 Å². The molecule has 0 aliphatic rings. The minimum Gasteiger partial charge on any atom is -1.00 e. The van der Waals surface area contributed by atoms with Gasteiger partial charge in [-0.1, -0.05) is 0 Å². The molecule has 0 amide bonds. The number of hydrogen-bond acceptors (Lipinski definition) is 4. The summed E-state index contributed by atoms with van der Waals surface area (Å²) in [6.07, 6.45) is 0. The van der Waals surface area contributed by atoms with Crippen LogP contribution in [0.15, 0.2) is 5.34 Å². The average Bonchev–Trinajstić information content (AvgIpc) is 1.37. The minimum atomic E-state index is 0. The largest absolute Gasteiger partial charge is 1.00 e. The second-order valence-electron chi connectivity index (χ2n) is 0.156. The normalized spacial score (nSPS) is 4.20. The molecule has 0 unspecified atom stereocenters. The summed E-state index contributed by atoms with van der Waals surface area (Å²) in [6.45, 7) is 0. The quantitative estimate of drug-likeness (QED) is 0.170. The predicted molar refractivity (Wildman–Crippen MR) is 10.6 cm³/mol. The molecule has 26 valence electrons. The molecule has 0 fully saturated rings. The standard InChI is InChI=1S/K.HNO3.H/c;2-1-4-3;/h;3H;/q+1;;-1. The van der Waals surface area contributed by atoms with Crippen LogP contribution in [0.2, 0.25) is 0 Å². The van der Waals surface area contributed by atoms with Crippen molar-refractivity contribution < 1.29 is 63.1 Å². The molecule has 0 saturated carbocycles. The molecule has 0 saturated heterocycles. The maximum Gasteiger partial charge on any atom is 1.00 e. The van der Waals surface area contributed by atoms with Gasteiger partial charge in [-0.05, 0) is 0 Å². The zero-order chi connectivity index (χ0) is 3.41. The van der Waals surface area contributed by atoms with Gasteiger partial charge in [0.1, 0.15) is 0 Å². The fourth-order valence-electron chi connectivity index (χ4n) is 0. The topological polar surface area (TPSA) is 58.9 Å². The van der Waals surface area contributed by atoms with Crippen molar-refractivity contribution in [3.05, 3.63) is 4.91 Å². The summed E-state index contributed by atoms with van der Waals surface area (Å²) < 4.78 is 0. The Labute approximate surface area is 72.3 Å². The maximum absolute atomic E-state index is 8.45. The average molecular weight is 103 g/mol. The third-order valence-corrected chi connectivity index (χ3v) is 0.0333. The molecular formula is H2KNO3. The predicted octanol–water partition coefficient (Wildman–Crippen LogP) is -2.73. The fraction of sp³-hybridized carbons (Fsp3) is 0. The van der Waals surface area contributed by atoms with E-state index in [0.717, 1.165) is 0 Å². The first-order chi connectivity index (χ1) is 1.91. The van der Waals surface area contributed by atoms with Crippen LogP contribution in [0.4, 0.5) is 0 Å². The molecular weight excluding hydrogens is 101 g/mol. The molecule has 0 heterocycles. The summed E-state index contributed by atoms with van der Waals surface area (Å²) in [5.74, 6) is 0. The van der Waals surface area contributed by atoms with Gasteiger partial charge in [0.25, 0.3) is 0 Å². The number of rotatable bonds is 1. The van der Waals surface area contributed by atoms with E-state index in [-0.39, 0.29) is 52.8 Å². The van der Waals surface area contributed by atoms with Crippen molar-refractivity contribution in [1.82, 2.24) is 0 Å². The fourth-order valence-corrected chi connectivity index (χ4v) is 0. The van der Waals surface area contributed by atoms with Crippen LogP contribution in [-0.4, -0.2) is 5.26 Å². The SMILES string of the molecule is O=NOO.[H-].[K+]. The molecule has 0 spiro atoms. The Morgan fingerprint density at radius 3 is 2.20 bits per heavy atom. The van der Waals surface area contributed by atoms with E-state index in [1.54, 1.807) is 5.34 Å². The van der Waals surface area contributed by atoms with Crippen LogP contribution in [0.5, 0.6) is 0 Å². The van der Waals surface area contributed by atoms with Crippen LogP contribution < -0.4 is 51.4 Å². The van der Waals surface area contributed by atoms with Crippen LogP contribution in [-0.2, 0) is 4.99 Å². The zero-order valence-electron chi connectivity index (χ0n) is 3.71. The van der Waals surface area contributed by atoms with Crippen molar-refractivity contribution in [2.24, 2.45) is 5.34 Å². The molecule has 0 aromatic carbocycles. The smallest absolute Gasteiger partial charge is 1.00 e. The number of nitrogens with zero attached hydrogens (tertiary/aromatic N) is 1. The monoisotopic (exact) mass is 103 g/mol. The molecule has 0 atom stereocenters. The molecule has 0 aromatic rings. The van der Waals surface area contributed by atoms with E-state index < -0.39 is 0 Å². The molecule has 0 bridgehead atoms. The van der Waals surface area contributed by atoms with Gasteiger partial charge < -0.3 is 1.43 Å². The van der Waals surface area contributed by atoms with Crippen LogP contribution in [0.25, 0.3) is 0 Å². The Morgan fingerprint density at radius 2 is 2.20 bits per heavy atom. The van der Waals surface area contributed by atoms with Gasteiger partial charge in [-0.3, -0.25) is 0 Å². The summed E-state index contributed by atoms with van der Waals surface area (Å²) in [6, 6.07) is 0. The molecule has 0 rings (SSSR count). The van der Waals surface area contributed by atoms with Crippen LogP contribution in [0.3, 0.4) is 0 Å².